The Balaban J connectivity index is 2.47. The molecule has 0 radical (unpaired) electrons. The van der Waals surface area contributed by atoms with Gasteiger partial charge in [0.1, 0.15) is 0 Å². The number of hydrogen-bond acceptors (Lipinski definition) is 0. The van der Waals surface area contributed by atoms with Crippen LogP contribution in [0.2, 0.25) is 0 Å². The maximum atomic E-state index is 5.68. The second kappa shape index (κ2) is 3.83. The predicted octanol–water partition coefficient (Wildman–Crippen LogP) is 4.35. The van der Waals surface area contributed by atoms with Gasteiger partial charge in [-0.1, -0.05) is 37.9 Å². The predicted molar refractivity (Wildman–Crippen MR) is 55.3 cm³/mol. The van der Waals surface area contributed by atoms with Gasteiger partial charge in [0, 0.05) is 5.54 Å². The Morgan fingerprint density at radius 1 is 1.25 bits per heavy atom. The van der Waals surface area contributed by atoms with E-state index in [9.17, 15) is 0 Å². The molecule has 0 spiro atoms. The lowest BCUT2D eigenvalue weighted by Crippen LogP contribution is -2.23. The largest absolute Gasteiger partial charge is 0.0930 e. The highest BCUT2D eigenvalue weighted by molar-refractivity contribution is 6.25. The van der Waals surface area contributed by atoms with E-state index in [4.69, 9.17) is 11.6 Å². The highest BCUT2D eigenvalue weighted by Crippen LogP contribution is 2.39. The summed E-state index contributed by atoms with van der Waals surface area (Å²) in [5.41, 5.74) is 3.70. The fraction of sp³-hybridized carbons (Fsp3) is 0.818. The molecular formula is C11H19Cl. The van der Waals surface area contributed by atoms with Gasteiger partial charge < -0.3 is 0 Å². The minimum absolute atomic E-state index is 0.484. The molecule has 0 bridgehead atoms. The van der Waals surface area contributed by atoms with Crippen LogP contribution in [-0.4, -0.2) is 0 Å². The molecule has 0 aliphatic heterocycles. The van der Waals surface area contributed by atoms with Crippen molar-refractivity contribution in [2.24, 2.45) is 11.3 Å². The zero-order valence-electron chi connectivity index (χ0n) is 8.36. The fourth-order valence-electron chi connectivity index (χ4n) is 1.96. The second-order valence-corrected chi connectivity index (χ2v) is 5.13. The van der Waals surface area contributed by atoms with Crippen LogP contribution in [0.4, 0.5) is 0 Å². The topological polar surface area (TPSA) is 0 Å². The summed E-state index contributed by atoms with van der Waals surface area (Å²) in [5, 5.41) is 0. The van der Waals surface area contributed by atoms with Crippen molar-refractivity contribution in [3.63, 3.8) is 0 Å². The summed E-state index contributed by atoms with van der Waals surface area (Å²) in [6, 6.07) is 0. The molecule has 0 N–H and O–H groups in total. The van der Waals surface area contributed by atoms with Gasteiger partial charge in [0.05, 0.1) is 0 Å². The van der Waals surface area contributed by atoms with Crippen molar-refractivity contribution in [2.75, 3.05) is 0 Å². The molecule has 0 aromatic carbocycles. The van der Waals surface area contributed by atoms with Crippen LogP contribution < -0.4 is 0 Å². The Morgan fingerprint density at radius 2 is 1.75 bits per heavy atom. The third kappa shape index (κ3) is 2.52. The summed E-state index contributed by atoms with van der Waals surface area (Å²) >= 11 is 5.68. The maximum absolute atomic E-state index is 5.68. The molecule has 1 fully saturated rings. The van der Waals surface area contributed by atoms with E-state index in [-0.39, 0.29) is 0 Å². The number of halogens is 1. The first kappa shape index (κ1) is 10.1. The Labute approximate surface area is 81.0 Å². The third-order valence-corrected chi connectivity index (χ3v) is 3.32. The lowest BCUT2D eigenvalue weighted by atomic mass is 9.71. The van der Waals surface area contributed by atoms with Crippen molar-refractivity contribution in [2.45, 2.75) is 46.5 Å². The average Bonchev–Trinajstić information content (AvgIpc) is 2.03. The van der Waals surface area contributed by atoms with Crippen molar-refractivity contribution in [3.05, 3.63) is 11.1 Å². The molecule has 0 saturated heterocycles. The van der Waals surface area contributed by atoms with E-state index in [0.29, 0.717) is 5.41 Å². The van der Waals surface area contributed by atoms with Crippen LogP contribution in [0, 0.1) is 11.3 Å². The molecular weight excluding hydrogens is 168 g/mol. The minimum atomic E-state index is 0.484. The lowest BCUT2D eigenvalue weighted by Gasteiger charge is -2.34. The number of allylic oxidation sites excluding steroid dienone is 1. The summed E-state index contributed by atoms with van der Waals surface area (Å²) < 4.78 is 0. The van der Waals surface area contributed by atoms with Gasteiger partial charge in [0.25, 0.3) is 0 Å². The normalized spacial score (nSPS) is 25.7. The summed E-state index contributed by atoms with van der Waals surface area (Å²) in [5.74, 6) is 0.887. The first-order valence-corrected chi connectivity index (χ1v) is 5.26. The monoisotopic (exact) mass is 186 g/mol. The molecule has 1 saturated carbocycles. The Morgan fingerprint density at radius 3 is 2.08 bits per heavy atom. The number of hydrogen-bond donors (Lipinski definition) is 0. The molecule has 1 aliphatic carbocycles. The third-order valence-electron chi connectivity index (χ3n) is 3.01. The highest BCUT2D eigenvalue weighted by atomic mass is 35.5. The SMILES string of the molecule is CC(C)(C)C1CCC(=CCl)CC1. The zero-order valence-corrected chi connectivity index (χ0v) is 9.12. The molecule has 12 heavy (non-hydrogen) atoms. The molecule has 0 aromatic heterocycles. The Bertz CT molecular complexity index is 164. The molecule has 1 aliphatic rings. The standard InChI is InChI=1S/C11H19Cl/c1-11(2,3)10-6-4-9(8-12)5-7-10/h8,10H,4-7H2,1-3H3. The molecule has 0 atom stereocenters. The second-order valence-electron chi connectivity index (χ2n) is 4.91. The van der Waals surface area contributed by atoms with Gasteiger partial charge in [0.15, 0.2) is 0 Å². The molecule has 0 amide bonds. The Hall–Kier alpha value is 0.0300. The first-order chi connectivity index (χ1) is 5.54. The summed E-state index contributed by atoms with van der Waals surface area (Å²) in [6.45, 7) is 7.02. The summed E-state index contributed by atoms with van der Waals surface area (Å²) in [6.07, 6.45) is 5.07. The minimum Gasteiger partial charge on any atom is -0.0930 e. The van der Waals surface area contributed by atoms with Crippen LogP contribution in [0.5, 0.6) is 0 Å². The van der Waals surface area contributed by atoms with Crippen LogP contribution >= 0.6 is 11.6 Å². The van der Waals surface area contributed by atoms with Crippen molar-refractivity contribution in [3.8, 4) is 0 Å². The van der Waals surface area contributed by atoms with E-state index in [1.807, 2.05) is 0 Å². The Kier molecular flexibility index (Phi) is 3.22. The average molecular weight is 187 g/mol. The van der Waals surface area contributed by atoms with E-state index in [0.717, 1.165) is 5.92 Å². The van der Waals surface area contributed by atoms with Crippen LogP contribution in [-0.2, 0) is 0 Å². The molecule has 0 nitrogen and oxygen atoms in total. The smallest absolute Gasteiger partial charge is 0.00344 e. The van der Waals surface area contributed by atoms with E-state index in [1.54, 1.807) is 5.54 Å². The summed E-state index contributed by atoms with van der Waals surface area (Å²) in [7, 11) is 0. The lowest BCUT2D eigenvalue weighted by molar-refractivity contribution is 0.197. The van der Waals surface area contributed by atoms with Gasteiger partial charge in [-0.05, 0) is 37.0 Å². The van der Waals surface area contributed by atoms with E-state index >= 15 is 0 Å². The van der Waals surface area contributed by atoms with Crippen LogP contribution in [0.15, 0.2) is 11.1 Å². The van der Waals surface area contributed by atoms with Crippen molar-refractivity contribution >= 4 is 11.6 Å². The van der Waals surface area contributed by atoms with Crippen molar-refractivity contribution < 1.29 is 0 Å². The van der Waals surface area contributed by atoms with Crippen LogP contribution in [0.1, 0.15) is 46.5 Å². The van der Waals surface area contributed by atoms with Gasteiger partial charge in [-0.2, -0.15) is 0 Å². The molecule has 0 aromatic rings. The molecule has 1 rings (SSSR count). The quantitative estimate of drug-likeness (QED) is 0.528. The molecule has 0 heterocycles. The first-order valence-electron chi connectivity index (χ1n) is 4.82. The molecule has 70 valence electrons. The van der Waals surface area contributed by atoms with Crippen molar-refractivity contribution in [1.82, 2.24) is 0 Å². The van der Waals surface area contributed by atoms with Gasteiger partial charge in [-0.15, -0.1) is 0 Å². The van der Waals surface area contributed by atoms with Gasteiger partial charge in [0.2, 0.25) is 0 Å². The van der Waals surface area contributed by atoms with Gasteiger partial charge >= 0.3 is 0 Å². The van der Waals surface area contributed by atoms with Gasteiger partial charge in [-0.25, -0.2) is 0 Å². The highest BCUT2D eigenvalue weighted by Gasteiger charge is 2.27. The summed E-state index contributed by atoms with van der Waals surface area (Å²) in [4.78, 5) is 0. The maximum Gasteiger partial charge on any atom is 0.00344 e. The van der Waals surface area contributed by atoms with Crippen LogP contribution in [0.25, 0.3) is 0 Å². The van der Waals surface area contributed by atoms with Gasteiger partial charge in [-0.3, -0.25) is 0 Å². The fourth-order valence-corrected chi connectivity index (χ4v) is 2.18. The van der Waals surface area contributed by atoms with Crippen molar-refractivity contribution in [1.29, 1.82) is 0 Å². The van der Waals surface area contributed by atoms with E-state index in [1.165, 1.54) is 31.3 Å². The molecule has 1 heteroatoms. The van der Waals surface area contributed by atoms with E-state index in [2.05, 4.69) is 20.8 Å². The van der Waals surface area contributed by atoms with E-state index < -0.39 is 0 Å². The number of rotatable bonds is 0. The van der Waals surface area contributed by atoms with Crippen LogP contribution in [0.3, 0.4) is 0 Å². The molecule has 0 unspecified atom stereocenters. The zero-order chi connectivity index (χ0) is 9.19.